The molecular formula is C32H41N3O6S. The van der Waals surface area contributed by atoms with Crippen LogP contribution in [-0.2, 0) is 26.2 Å². The van der Waals surface area contributed by atoms with Gasteiger partial charge in [0.25, 0.3) is 10.0 Å². The minimum absolute atomic E-state index is 0.0388. The van der Waals surface area contributed by atoms with Crippen molar-refractivity contribution in [3.8, 4) is 11.5 Å². The van der Waals surface area contributed by atoms with Gasteiger partial charge in [-0.25, -0.2) is 8.42 Å². The van der Waals surface area contributed by atoms with Crippen molar-refractivity contribution in [2.75, 3.05) is 31.1 Å². The van der Waals surface area contributed by atoms with Gasteiger partial charge in [0.15, 0.2) is 0 Å². The molecule has 0 spiro atoms. The Hall–Kier alpha value is -4.05. The van der Waals surface area contributed by atoms with Crippen molar-refractivity contribution in [1.29, 1.82) is 0 Å². The van der Waals surface area contributed by atoms with Crippen LogP contribution in [0, 0.1) is 6.92 Å². The van der Waals surface area contributed by atoms with Crippen LogP contribution in [0.5, 0.6) is 11.5 Å². The van der Waals surface area contributed by atoms with E-state index in [9.17, 15) is 18.0 Å². The van der Waals surface area contributed by atoms with E-state index in [2.05, 4.69) is 5.32 Å². The highest BCUT2D eigenvalue weighted by Crippen LogP contribution is 2.33. The minimum atomic E-state index is -4.20. The second kappa shape index (κ2) is 15.3. The van der Waals surface area contributed by atoms with Crippen LogP contribution >= 0.6 is 0 Å². The summed E-state index contributed by atoms with van der Waals surface area (Å²) in [5.74, 6) is 0.0719. The fourth-order valence-electron chi connectivity index (χ4n) is 4.38. The normalized spacial score (nSPS) is 11.8. The third-order valence-corrected chi connectivity index (χ3v) is 8.58. The smallest absolute Gasteiger partial charge is 0.264 e. The van der Waals surface area contributed by atoms with Crippen molar-refractivity contribution in [2.45, 2.75) is 58.0 Å². The summed E-state index contributed by atoms with van der Waals surface area (Å²) in [6.07, 6.45) is 1.71. The molecule has 0 saturated heterocycles. The molecule has 0 saturated carbocycles. The number of carbonyl (C=O) groups excluding carboxylic acids is 2. The van der Waals surface area contributed by atoms with Gasteiger partial charge >= 0.3 is 0 Å². The molecule has 0 fully saturated rings. The molecule has 0 aliphatic rings. The summed E-state index contributed by atoms with van der Waals surface area (Å²) in [5.41, 5.74) is 1.87. The monoisotopic (exact) mass is 595 g/mol. The second-order valence-electron chi connectivity index (χ2n) is 9.92. The zero-order valence-corrected chi connectivity index (χ0v) is 25.8. The fourth-order valence-corrected chi connectivity index (χ4v) is 5.80. The summed E-state index contributed by atoms with van der Waals surface area (Å²) in [5, 5.41) is 2.89. The number of methoxy groups -OCH3 is 1. The number of hydrogen-bond acceptors (Lipinski definition) is 6. The first-order valence-corrected chi connectivity index (χ1v) is 15.6. The number of para-hydroxylation sites is 2. The number of anilines is 1. The molecule has 3 rings (SSSR count). The molecule has 1 atom stereocenters. The summed E-state index contributed by atoms with van der Waals surface area (Å²) < 4.78 is 40.3. The summed E-state index contributed by atoms with van der Waals surface area (Å²) in [6.45, 7) is 7.65. The van der Waals surface area contributed by atoms with Crippen molar-refractivity contribution in [3.63, 3.8) is 0 Å². The Kier molecular flexibility index (Phi) is 11.8. The Labute approximate surface area is 249 Å². The quantitative estimate of drug-likeness (QED) is 0.250. The van der Waals surface area contributed by atoms with Gasteiger partial charge in [-0.1, -0.05) is 55.3 Å². The lowest BCUT2D eigenvalue weighted by Gasteiger charge is -2.32. The van der Waals surface area contributed by atoms with E-state index in [4.69, 9.17) is 9.47 Å². The SMILES string of the molecule is CCCCNC(=O)C(C)N(Cc1cccc(OC)c1)C(=O)CN(c1ccccc1OCC)S(=O)(=O)c1ccc(C)cc1. The number of benzene rings is 3. The summed E-state index contributed by atoms with van der Waals surface area (Å²) in [7, 11) is -2.65. The van der Waals surface area contributed by atoms with Gasteiger partial charge in [0.2, 0.25) is 11.8 Å². The lowest BCUT2D eigenvalue weighted by Crippen LogP contribution is -2.51. The van der Waals surface area contributed by atoms with Gasteiger partial charge in [-0.05, 0) is 69.2 Å². The molecule has 42 heavy (non-hydrogen) atoms. The third-order valence-electron chi connectivity index (χ3n) is 6.81. The predicted octanol–water partition coefficient (Wildman–Crippen LogP) is 4.93. The maximum atomic E-state index is 14.1. The first kappa shape index (κ1) is 32.5. The first-order chi connectivity index (χ1) is 20.1. The van der Waals surface area contributed by atoms with Crippen molar-refractivity contribution in [3.05, 3.63) is 83.9 Å². The van der Waals surface area contributed by atoms with E-state index in [-0.39, 0.29) is 23.0 Å². The average Bonchev–Trinajstić information content (AvgIpc) is 2.99. The van der Waals surface area contributed by atoms with Gasteiger partial charge in [0.05, 0.1) is 24.3 Å². The Morgan fingerprint density at radius 2 is 1.69 bits per heavy atom. The van der Waals surface area contributed by atoms with Crippen LogP contribution in [-0.4, -0.2) is 58.0 Å². The van der Waals surface area contributed by atoms with E-state index in [0.717, 1.165) is 28.3 Å². The van der Waals surface area contributed by atoms with Crippen molar-refractivity contribution in [2.24, 2.45) is 0 Å². The largest absolute Gasteiger partial charge is 0.497 e. The number of rotatable bonds is 15. The standard InChI is InChI=1S/C32H41N3O6S/c1-6-8-20-33-32(37)25(4)34(22-26-12-11-13-27(21-26)40-5)31(36)23-35(29-14-9-10-15-30(29)41-7-2)42(38,39)28-18-16-24(3)17-19-28/h9-19,21,25H,6-8,20,22-23H2,1-5H3,(H,33,37). The van der Waals surface area contributed by atoms with E-state index in [1.165, 1.54) is 17.0 Å². The highest BCUT2D eigenvalue weighted by molar-refractivity contribution is 7.92. The second-order valence-corrected chi connectivity index (χ2v) is 11.8. The molecule has 0 aliphatic heterocycles. The Morgan fingerprint density at radius 1 is 0.976 bits per heavy atom. The molecule has 0 bridgehead atoms. The van der Waals surface area contributed by atoms with Gasteiger partial charge in [-0.3, -0.25) is 13.9 Å². The maximum absolute atomic E-state index is 14.1. The number of nitrogens with zero attached hydrogens (tertiary/aromatic N) is 2. The predicted molar refractivity (Wildman–Crippen MR) is 164 cm³/mol. The van der Waals surface area contributed by atoms with E-state index < -0.39 is 28.5 Å². The third kappa shape index (κ3) is 8.25. The van der Waals surface area contributed by atoms with Crippen molar-refractivity contribution in [1.82, 2.24) is 10.2 Å². The zero-order valence-electron chi connectivity index (χ0n) is 25.0. The molecule has 0 aliphatic carbocycles. The van der Waals surface area contributed by atoms with Crippen LogP contribution in [0.25, 0.3) is 0 Å². The van der Waals surface area contributed by atoms with Crippen LogP contribution in [0.2, 0.25) is 0 Å². The van der Waals surface area contributed by atoms with E-state index in [1.54, 1.807) is 75.6 Å². The Bertz CT molecular complexity index is 1440. The first-order valence-electron chi connectivity index (χ1n) is 14.1. The van der Waals surface area contributed by atoms with E-state index >= 15 is 0 Å². The molecule has 1 unspecified atom stereocenters. The van der Waals surface area contributed by atoms with Crippen LogP contribution in [0.3, 0.4) is 0 Å². The molecule has 2 amide bonds. The number of aryl methyl sites for hydroxylation is 1. The highest BCUT2D eigenvalue weighted by Gasteiger charge is 2.33. The lowest BCUT2D eigenvalue weighted by molar-refractivity contribution is -0.139. The molecule has 9 nitrogen and oxygen atoms in total. The van der Waals surface area contributed by atoms with Crippen molar-refractivity contribution < 1.29 is 27.5 Å². The van der Waals surface area contributed by atoms with Crippen molar-refractivity contribution >= 4 is 27.5 Å². The minimum Gasteiger partial charge on any atom is -0.497 e. The molecule has 1 N–H and O–H groups in total. The van der Waals surface area contributed by atoms with Gasteiger partial charge in [-0.2, -0.15) is 0 Å². The van der Waals surface area contributed by atoms with Gasteiger partial charge in [-0.15, -0.1) is 0 Å². The summed E-state index contributed by atoms with van der Waals surface area (Å²) >= 11 is 0. The summed E-state index contributed by atoms with van der Waals surface area (Å²) in [4.78, 5) is 28.7. The Morgan fingerprint density at radius 3 is 2.36 bits per heavy atom. The maximum Gasteiger partial charge on any atom is 0.264 e. The average molecular weight is 596 g/mol. The highest BCUT2D eigenvalue weighted by atomic mass is 32.2. The molecule has 10 heteroatoms. The fraction of sp³-hybridized carbons (Fsp3) is 0.375. The number of ether oxygens (including phenoxy) is 2. The zero-order chi connectivity index (χ0) is 30.7. The molecule has 3 aromatic rings. The molecule has 226 valence electrons. The van der Waals surface area contributed by atoms with Crippen LogP contribution in [0.4, 0.5) is 5.69 Å². The molecule has 0 aromatic heterocycles. The number of amides is 2. The lowest BCUT2D eigenvalue weighted by atomic mass is 10.1. The summed E-state index contributed by atoms with van der Waals surface area (Å²) in [6, 6.07) is 19.5. The molecule has 0 radical (unpaired) electrons. The molecular weight excluding hydrogens is 554 g/mol. The van der Waals surface area contributed by atoms with E-state index in [0.29, 0.717) is 24.7 Å². The van der Waals surface area contributed by atoms with Gasteiger partial charge in [0, 0.05) is 13.1 Å². The topological polar surface area (TPSA) is 105 Å². The molecule has 0 heterocycles. The number of carbonyl (C=O) groups is 2. The number of sulfonamides is 1. The van der Waals surface area contributed by atoms with Crippen LogP contribution in [0.1, 0.15) is 44.7 Å². The van der Waals surface area contributed by atoms with Gasteiger partial charge in [0.1, 0.15) is 24.1 Å². The number of hydrogen-bond donors (Lipinski definition) is 1. The molecule has 3 aromatic carbocycles. The van der Waals surface area contributed by atoms with Crippen LogP contribution in [0.15, 0.2) is 77.7 Å². The Balaban J connectivity index is 2.06. The van der Waals surface area contributed by atoms with Crippen LogP contribution < -0.4 is 19.1 Å². The van der Waals surface area contributed by atoms with E-state index in [1.807, 2.05) is 19.9 Å². The number of nitrogens with one attached hydrogen (secondary N) is 1. The van der Waals surface area contributed by atoms with Gasteiger partial charge < -0.3 is 19.7 Å². The number of unbranched alkanes of at least 4 members (excludes halogenated alkanes) is 1.